The molecule has 0 radical (unpaired) electrons. The van der Waals surface area contributed by atoms with E-state index in [9.17, 15) is 4.79 Å². The summed E-state index contributed by atoms with van der Waals surface area (Å²) >= 11 is 0. The molecule has 0 amide bonds. The van der Waals surface area contributed by atoms with Crippen LogP contribution in [0.4, 0.5) is 0 Å². The molecule has 116 valence electrons. The summed E-state index contributed by atoms with van der Waals surface area (Å²) in [4.78, 5) is 16.4. The normalized spacial score (nSPS) is 17.3. The summed E-state index contributed by atoms with van der Waals surface area (Å²) in [6, 6.07) is 10.3. The molecule has 0 N–H and O–H groups in total. The average molecular weight is 297 g/mol. The zero-order valence-corrected chi connectivity index (χ0v) is 13.1. The average Bonchev–Trinajstić information content (AvgIpc) is 2.59. The Kier molecular flexibility index (Phi) is 4.71. The monoisotopic (exact) mass is 297 g/mol. The molecule has 3 heteroatoms. The van der Waals surface area contributed by atoms with E-state index < -0.39 is 0 Å². The third-order valence-electron chi connectivity index (χ3n) is 4.87. The van der Waals surface area contributed by atoms with E-state index in [0.717, 1.165) is 10.9 Å². The topological polar surface area (TPSA) is 39.2 Å². The van der Waals surface area contributed by atoms with Gasteiger partial charge in [-0.15, -0.1) is 0 Å². The van der Waals surface area contributed by atoms with Crippen LogP contribution in [0.3, 0.4) is 0 Å². The van der Waals surface area contributed by atoms with Gasteiger partial charge in [-0.2, -0.15) is 0 Å². The van der Waals surface area contributed by atoms with E-state index in [1.165, 1.54) is 44.8 Å². The minimum atomic E-state index is -0.122. The first-order chi connectivity index (χ1) is 10.8. The van der Waals surface area contributed by atoms with Crippen LogP contribution in [0.25, 0.3) is 10.9 Å². The number of esters is 1. The molecule has 1 aromatic carbocycles. The predicted molar refractivity (Wildman–Crippen MR) is 87.7 cm³/mol. The van der Waals surface area contributed by atoms with Crippen LogP contribution in [-0.4, -0.2) is 18.1 Å². The maximum Gasteiger partial charge on any atom is 0.306 e. The van der Waals surface area contributed by atoms with Crippen molar-refractivity contribution in [2.75, 3.05) is 7.11 Å². The quantitative estimate of drug-likeness (QED) is 0.782. The number of pyridine rings is 1. The van der Waals surface area contributed by atoms with Crippen LogP contribution in [-0.2, 0) is 9.53 Å². The zero-order chi connectivity index (χ0) is 15.4. The molecule has 1 saturated carbocycles. The zero-order valence-electron chi connectivity index (χ0n) is 13.1. The minimum absolute atomic E-state index is 0.122. The molecule has 1 aromatic heterocycles. The Hall–Kier alpha value is -1.90. The number of methoxy groups -OCH3 is 1. The first-order valence-electron chi connectivity index (χ1n) is 8.19. The summed E-state index contributed by atoms with van der Waals surface area (Å²) in [6.07, 6.45) is 8.67. The first kappa shape index (κ1) is 15.0. The molecule has 0 aliphatic heterocycles. The third kappa shape index (κ3) is 3.29. The van der Waals surface area contributed by atoms with Crippen LogP contribution < -0.4 is 0 Å². The standard InChI is InChI=1S/C19H23NO2/c1-22-19(21)12-17(14-7-3-2-4-8-14)16-11-15-9-5-6-10-18(15)20-13-16/h5-6,9-11,13-14,17H,2-4,7-8,12H2,1H3. The maximum absolute atomic E-state index is 11.9. The van der Waals surface area contributed by atoms with Gasteiger partial charge < -0.3 is 4.74 Å². The number of nitrogens with zero attached hydrogens (tertiary/aromatic N) is 1. The second-order valence-electron chi connectivity index (χ2n) is 6.25. The molecular formula is C19H23NO2. The highest BCUT2D eigenvalue weighted by atomic mass is 16.5. The molecule has 22 heavy (non-hydrogen) atoms. The summed E-state index contributed by atoms with van der Waals surface area (Å²) in [5.74, 6) is 0.671. The lowest BCUT2D eigenvalue weighted by atomic mass is 9.75. The Morgan fingerprint density at radius 3 is 2.82 bits per heavy atom. The third-order valence-corrected chi connectivity index (χ3v) is 4.87. The molecule has 1 aliphatic rings. The van der Waals surface area contributed by atoms with Gasteiger partial charge in [-0.3, -0.25) is 9.78 Å². The highest BCUT2D eigenvalue weighted by Gasteiger charge is 2.28. The molecule has 1 unspecified atom stereocenters. The number of carbonyl (C=O) groups excluding carboxylic acids is 1. The van der Waals surface area contributed by atoms with Crippen LogP contribution in [0.15, 0.2) is 36.5 Å². The van der Waals surface area contributed by atoms with Crippen molar-refractivity contribution in [3.05, 3.63) is 42.1 Å². The number of aromatic nitrogens is 1. The van der Waals surface area contributed by atoms with Gasteiger partial charge >= 0.3 is 5.97 Å². The van der Waals surface area contributed by atoms with Gasteiger partial charge in [0.1, 0.15) is 0 Å². The highest BCUT2D eigenvalue weighted by molar-refractivity contribution is 5.79. The number of ether oxygens (including phenoxy) is 1. The summed E-state index contributed by atoms with van der Waals surface area (Å²) in [5, 5.41) is 1.14. The van der Waals surface area contributed by atoms with Gasteiger partial charge in [0, 0.05) is 11.6 Å². The molecule has 1 atom stereocenters. The lowest BCUT2D eigenvalue weighted by Crippen LogP contribution is -2.20. The Balaban J connectivity index is 1.92. The van der Waals surface area contributed by atoms with Gasteiger partial charge in [0.15, 0.2) is 0 Å². The molecule has 1 aliphatic carbocycles. The van der Waals surface area contributed by atoms with E-state index in [1.807, 2.05) is 24.4 Å². The van der Waals surface area contributed by atoms with Crippen molar-refractivity contribution in [3.63, 3.8) is 0 Å². The van der Waals surface area contributed by atoms with Crippen LogP contribution in [0.2, 0.25) is 0 Å². The van der Waals surface area contributed by atoms with Crippen molar-refractivity contribution < 1.29 is 9.53 Å². The van der Waals surface area contributed by atoms with Crippen LogP contribution >= 0.6 is 0 Å². The van der Waals surface area contributed by atoms with Crippen molar-refractivity contribution in [2.45, 2.75) is 44.4 Å². The second-order valence-corrected chi connectivity index (χ2v) is 6.25. The second kappa shape index (κ2) is 6.91. The number of carbonyl (C=O) groups is 1. The summed E-state index contributed by atoms with van der Waals surface area (Å²) in [5.41, 5.74) is 2.18. The lowest BCUT2D eigenvalue weighted by molar-refractivity contribution is -0.141. The van der Waals surface area contributed by atoms with Crippen molar-refractivity contribution in [1.82, 2.24) is 4.98 Å². The van der Waals surface area contributed by atoms with Crippen molar-refractivity contribution in [2.24, 2.45) is 5.92 Å². The van der Waals surface area contributed by atoms with Crippen LogP contribution in [0, 0.1) is 5.92 Å². The van der Waals surface area contributed by atoms with Crippen LogP contribution in [0.1, 0.15) is 50.0 Å². The number of para-hydroxylation sites is 1. The molecule has 0 bridgehead atoms. The molecule has 3 nitrogen and oxygen atoms in total. The van der Waals surface area contributed by atoms with Gasteiger partial charge in [-0.25, -0.2) is 0 Å². The molecule has 1 heterocycles. The Morgan fingerprint density at radius 1 is 1.27 bits per heavy atom. The van der Waals surface area contributed by atoms with Gasteiger partial charge in [-0.05, 0) is 42.4 Å². The van der Waals surface area contributed by atoms with Crippen molar-refractivity contribution in [3.8, 4) is 0 Å². The molecule has 1 fully saturated rings. The van der Waals surface area contributed by atoms with Crippen molar-refractivity contribution >= 4 is 16.9 Å². The van der Waals surface area contributed by atoms with E-state index in [2.05, 4.69) is 17.1 Å². The number of hydrogen-bond acceptors (Lipinski definition) is 3. The fourth-order valence-corrected chi connectivity index (χ4v) is 3.65. The number of fused-ring (bicyclic) bond motifs is 1. The minimum Gasteiger partial charge on any atom is -0.469 e. The smallest absolute Gasteiger partial charge is 0.306 e. The summed E-state index contributed by atoms with van der Waals surface area (Å²) in [7, 11) is 1.47. The predicted octanol–water partition coefficient (Wildman–Crippen LogP) is 4.46. The fraction of sp³-hybridized carbons (Fsp3) is 0.474. The molecule has 0 saturated heterocycles. The summed E-state index contributed by atoms with van der Waals surface area (Å²) < 4.78 is 4.92. The fourth-order valence-electron chi connectivity index (χ4n) is 3.65. The van der Waals surface area contributed by atoms with Gasteiger partial charge in [0.2, 0.25) is 0 Å². The number of rotatable bonds is 4. The Morgan fingerprint density at radius 2 is 2.05 bits per heavy atom. The lowest BCUT2D eigenvalue weighted by Gasteiger charge is -2.30. The summed E-state index contributed by atoms with van der Waals surface area (Å²) in [6.45, 7) is 0. The van der Waals surface area contributed by atoms with E-state index in [4.69, 9.17) is 4.74 Å². The number of hydrogen-bond donors (Lipinski definition) is 0. The largest absolute Gasteiger partial charge is 0.469 e. The Labute approximate surface area is 131 Å². The SMILES string of the molecule is COC(=O)CC(c1cnc2ccccc2c1)C1CCCCC1. The van der Waals surface area contributed by atoms with Gasteiger partial charge in [-0.1, -0.05) is 37.5 Å². The molecule has 2 aromatic rings. The van der Waals surface area contributed by atoms with Crippen LogP contribution in [0.5, 0.6) is 0 Å². The van der Waals surface area contributed by atoms with Gasteiger partial charge in [0.25, 0.3) is 0 Å². The first-order valence-corrected chi connectivity index (χ1v) is 8.19. The van der Waals surface area contributed by atoms with E-state index in [0.29, 0.717) is 12.3 Å². The highest BCUT2D eigenvalue weighted by Crippen LogP contribution is 2.38. The molecule has 3 rings (SSSR count). The maximum atomic E-state index is 11.9. The van der Waals surface area contributed by atoms with E-state index >= 15 is 0 Å². The molecule has 0 spiro atoms. The Bertz CT molecular complexity index is 647. The number of benzene rings is 1. The molecular weight excluding hydrogens is 274 g/mol. The van der Waals surface area contributed by atoms with E-state index in [-0.39, 0.29) is 11.9 Å². The van der Waals surface area contributed by atoms with Crippen molar-refractivity contribution in [1.29, 1.82) is 0 Å². The van der Waals surface area contributed by atoms with Gasteiger partial charge in [0.05, 0.1) is 19.0 Å². The van der Waals surface area contributed by atoms with E-state index in [1.54, 1.807) is 0 Å².